The van der Waals surface area contributed by atoms with Crippen LogP contribution in [0, 0.1) is 0 Å². The SMILES string of the molecule is COc1ccc(C(N)c2ncc3ncn(-c4ccc5cn[nH]c5c4)c3n2)cc1. The second kappa shape index (κ2) is 6.43. The van der Waals surface area contributed by atoms with Gasteiger partial charge in [-0.1, -0.05) is 12.1 Å². The number of H-pyrrole nitrogens is 1. The largest absolute Gasteiger partial charge is 0.497 e. The average Bonchev–Trinajstić information content (AvgIpc) is 3.39. The van der Waals surface area contributed by atoms with Crippen LogP contribution in [0.25, 0.3) is 27.8 Å². The van der Waals surface area contributed by atoms with E-state index in [4.69, 9.17) is 15.5 Å². The molecule has 1 atom stereocenters. The Morgan fingerprint density at radius 3 is 2.75 bits per heavy atom. The first-order valence-electron chi connectivity index (χ1n) is 8.76. The van der Waals surface area contributed by atoms with Crippen molar-refractivity contribution in [1.29, 1.82) is 0 Å². The molecule has 0 aliphatic carbocycles. The predicted molar refractivity (Wildman–Crippen MR) is 105 cm³/mol. The van der Waals surface area contributed by atoms with E-state index in [1.165, 1.54) is 0 Å². The average molecular weight is 371 g/mol. The van der Waals surface area contributed by atoms with Crippen LogP contribution in [0.15, 0.2) is 61.2 Å². The van der Waals surface area contributed by atoms with Crippen LogP contribution in [0.1, 0.15) is 17.4 Å². The second-order valence-corrected chi connectivity index (χ2v) is 6.44. The van der Waals surface area contributed by atoms with E-state index < -0.39 is 6.04 Å². The number of imidazole rings is 1. The fourth-order valence-electron chi connectivity index (χ4n) is 3.20. The van der Waals surface area contributed by atoms with Crippen molar-refractivity contribution >= 4 is 22.1 Å². The van der Waals surface area contributed by atoms with E-state index in [0.717, 1.165) is 27.9 Å². The molecule has 0 saturated heterocycles. The van der Waals surface area contributed by atoms with E-state index >= 15 is 0 Å². The number of hydrogen-bond acceptors (Lipinski definition) is 6. The van der Waals surface area contributed by atoms with Gasteiger partial charge >= 0.3 is 0 Å². The summed E-state index contributed by atoms with van der Waals surface area (Å²) in [7, 11) is 1.63. The van der Waals surface area contributed by atoms with Crippen molar-refractivity contribution in [1.82, 2.24) is 29.7 Å². The highest BCUT2D eigenvalue weighted by atomic mass is 16.5. The van der Waals surface area contributed by atoms with Gasteiger partial charge in [-0.15, -0.1) is 0 Å². The first-order valence-corrected chi connectivity index (χ1v) is 8.76. The Balaban J connectivity index is 1.57. The molecule has 0 radical (unpaired) electrons. The monoisotopic (exact) mass is 371 g/mol. The second-order valence-electron chi connectivity index (χ2n) is 6.44. The van der Waals surface area contributed by atoms with Crippen LogP contribution in [0.4, 0.5) is 0 Å². The standard InChI is InChI=1S/C20H17N7O/c1-28-15-6-3-12(4-7-15)18(21)19-22-10-17-20(25-19)27(11-23-17)14-5-2-13-9-24-26-16(13)8-14/h2-11,18H,21H2,1H3,(H,24,26). The van der Waals surface area contributed by atoms with Gasteiger partial charge in [0, 0.05) is 5.39 Å². The highest BCUT2D eigenvalue weighted by molar-refractivity contribution is 5.81. The van der Waals surface area contributed by atoms with Gasteiger partial charge in [-0.2, -0.15) is 5.10 Å². The summed E-state index contributed by atoms with van der Waals surface area (Å²) in [5.74, 6) is 1.31. The summed E-state index contributed by atoms with van der Waals surface area (Å²) in [6, 6.07) is 13.1. The van der Waals surface area contributed by atoms with Crippen LogP contribution in [0.2, 0.25) is 0 Å². The first-order chi connectivity index (χ1) is 13.7. The maximum atomic E-state index is 6.41. The molecule has 0 bridgehead atoms. The third-order valence-electron chi connectivity index (χ3n) is 4.77. The van der Waals surface area contributed by atoms with Crippen molar-refractivity contribution in [2.75, 3.05) is 7.11 Å². The van der Waals surface area contributed by atoms with Crippen molar-refractivity contribution in [3.63, 3.8) is 0 Å². The first kappa shape index (κ1) is 16.4. The molecule has 138 valence electrons. The van der Waals surface area contributed by atoms with Gasteiger partial charge < -0.3 is 10.5 Å². The number of nitrogens with zero attached hydrogens (tertiary/aromatic N) is 5. The van der Waals surface area contributed by atoms with Gasteiger partial charge in [-0.05, 0) is 35.9 Å². The summed E-state index contributed by atoms with van der Waals surface area (Å²) in [5, 5.41) is 8.10. The van der Waals surface area contributed by atoms with Crippen molar-refractivity contribution in [3.05, 3.63) is 72.6 Å². The summed E-state index contributed by atoms with van der Waals surface area (Å²) >= 11 is 0. The molecule has 0 spiro atoms. The van der Waals surface area contributed by atoms with E-state index in [9.17, 15) is 0 Å². The molecule has 0 fully saturated rings. The number of nitrogens with two attached hydrogens (primary N) is 1. The fraction of sp³-hybridized carbons (Fsp3) is 0.100. The van der Waals surface area contributed by atoms with Crippen LogP contribution in [0.5, 0.6) is 5.75 Å². The smallest absolute Gasteiger partial charge is 0.168 e. The molecule has 8 nitrogen and oxygen atoms in total. The lowest BCUT2D eigenvalue weighted by Gasteiger charge is -2.12. The number of fused-ring (bicyclic) bond motifs is 2. The quantitative estimate of drug-likeness (QED) is 0.503. The number of hydrogen-bond donors (Lipinski definition) is 2. The maximum absolute atomic E-state index is 6.41. The molecule has 5 rings (SSSR count). The Morgan fingerprint density at radius 1 is 1.07 bits per heavy atom. The van der Waals surface area contributed by atoms with Crippen LogP contribution in [-0.4, -0.2) is 36.8 Å². The molecule has 0 aliphatic rings. The number of aromatic amines is 1. The molecular formula is C20H17N7O. The maximum Gasteiger partial charge on any atom is 0.168 e. The van der Waals surface area contributed by atoms with Gasteiger partial charge in [-0.3, -0.25) is 9.67 Å². The van der Waals surface area contributed by atoms with Gasteiger partial charge in [0.25, 0.3) is 0 Å². The summed E-state index contributed by atoms with van der Waals surface area (Å²) in [4.78, 5) is 13.5. The number of methoxy groups -OCH3 is 1. The lowest BCUT2D eigenvalue weighted by molar-refractivity contribution is 0.414. The van der Waals surface area contributed by atoms with Gasteiger partial charge in [0.1, 0.15) is 17.6 Å². The molecule has 0 amide bonds. The molecule has 8 heteroatoms. The van der Waals surface area contributed by atoms with Crippen LogP contribution in [0.3, 0.4) is 0 Å². The number of benzene rings is 2. The third-order valence-corrected chi connectivity index (χ3v) is 4.77. The molecule has 3 N–H and O–H groups in total. The minimum Gasteiger partial charge on any atom is -0.497 e. The van der Waals surface area contributed by atoms with Gasteiger partial charge in [0.05, 0.1) is 36.7 Å². The Bertz CT molecular complexity index is 1270. The summed E-state index contributed by atoms with van der Waals surface area (Å²) in [6.45, 7) is 0. The van der Waals surface area contributed by atoms with Crippen molar-refractivity contribution in [2.24, 2.45) is 5.73 Å². The molecule has 5 aromatic rings. The molecule has 28 heavy (non-hydrogen) atoms. The van der Waals surface area contributed by atoms with E-state index in [0.29, 0.717) is 17.0 Å². The lowest BCUT2D eigenvalue weighted by atomic mass is 10.1. The number of rotatable bonds is 4. The topological polar surface area (TPSA) is 108 Å². The van der Waals surface area contributed by atoms with Crippen LogP contribution in [-0.2, 0) is 0 Å². The summed E-state index contributed by atoms with van der Waals surface area (Å²) in [5.41, 5.74) is 10.6. The summed E-state index contributed by atoms with van der Waals surface area (Å²) in [6.07, 6.45) is 5.23. The van der Waals surface area contributed by atoms with E-state index in [1.807, 2.05) is 47.0 Å². The van der Waals surface area contributed by atoms with Crippen molar-refractivity contribution < 1.29 is 4.74 Å². The Hall–Kier alpha value is -3.78. The molecule has 3 heterocycles. The van der Waals surface area contributed by atoms with E-state index in [2.05, 4.69) is 20.2 Å². The Labute approximate surface area is 160 Å². The zero-order valence-electron chi connectivity index (χ0n) is 15.1. The highest BCUT2D eigenvalue weighted by Crippen LogP contribution is 2.23. The normalized spacial score (nSPS) is 12.5. The number of nitrogens with one attached hydrogen (secondary N) is 1. The molecule has 0 saturated carbocycles. The van der Waals surface area contributed by atoms with Gasteiger partial charge in [-0.25, -0.2) is 15.0 Å². The number of ether oxygens (including phenoxy) is 1. The highest BCUT2D eigenvalue weighted by Gasteiger charge is 2.15. The molecule has 2 aromatic carbocycles. The van der Waals surface area contributed by atoms with Crippen molar-refractivity contribution in [3.8, 4) is 11.4 Å². The predicted octanol–water partition coefficient (Wildman–Crippen LogP) is 2.75. The third kappa shape index (κ3) is 2.67. The zero-order valence-corrected chi connectivity index (χ0v) is 15.1. The summed E-state index contributed by atoms with van der Waals surface area (Å²) < 4.78 is 7.12. The zero-order chi connectivity index (χ0) is 19.1. The van der Waals surface area contributed by atoms with E-state index in [-0.39, 0.29) is 0 Å². The molecule has 1 unspecified atom stereocenters. The fourth-order valence-corrected chi connectivity index (χ4v) is 3.20. The molecular weight excluding hydrogens is 354 g/mol. The molecule has 0 aliphatic heterocycles. The minimum absolute atomic E-state index is 0.450. The van der Waals surface area contributed by atoms with Crippen LogP contribution < -0.4 is 10.5 Å². The van der Waals surface area contributed by atoms with E-state index in [1.54, 1.807) is 25.8 Å². The Morgan fingerprint density at radius 2 is 1.93 bits per heavy atom. The lowest BCUT2D eigenvalue weighted by Crippen LogP contribution is -2.15. The molecule has 3 aromatic heterocycles. The van der Waals surface area contributed by atoms with Crippen molar-refractivity contribution in [2.45, 2.75) is 6.04 Å². The Kier molecular flexibility index (Phi) is 3.77. The van der Waals surface area contributed by atoms with Crippen LogP contribution >= 0.6 is 0 Å². The van der Waals surface area contributed by atoms with Gasteiger partial charge in [0.15, 0.2) is 11.5 Å². The minimum atomic E-state index is -0.450. The van der Waals surface area contributed by atoms with Gasteiger partial charge in [0.2, 0.25) is 0 Å². The number of aromatic nitrogens is 6.